The van der Waals surface area contributed by atoms with Crippen molar-refractivity contribution >= 4 is 11.7 Å². The Morgan fingerprint density at radius 2 is 1.87 bits per heavy atom. The Labute approximate surface area is 178 Å². The van der Waals surface area contributed by atoms with Crippen molar-refractivity contribution in [1.82, 2.24) is 20.2 Å². The number of nitrogens with zero attached hydrogens (tertiary/aromatic N) is 4. The smallest absolute Gasteiger partial charge is 0.234 e. The zero-order valence-electron chi connectivity index (χ0n) is 17.7. The monoisotopic (exact) mass is 409 g/mol. The van der Waals surface area contributed by atoms with Crippen LogP contribution in [0, 0.1) is 5.92 Å². The molecule has 1 unspecified atom stereocenters. The normalized spacial score (nSPS) is 18.9. The van der Waals surface area contributed by atoms with Crippen LogP contribution in [0.5, 0.6) is 5.88 Å². The molecule has 1 saturated carbocycles. The third-order valence-corrected chi connectivity index (χ3v) is 6.22. The molecule has 1 aromatic carbocycles. The predicted molar refractivity (Wildman–Crippen MR) is 117 cm³/mol. The van der Waals surface area contributed by atoms with Gasteiger partial charge in [0.05, 0.1) is 32.1 Å². The van der Waals surface area contributed by atoms with E-state index in [9.17, 15) is 4.79 Å². The second-order valence-corrected chi connectivity index (χ2v) is 8.18. The first-order chi connectivity index (χ1) is 14.7. The summed E-state index contributed by atoms with van der Waals surface area (Å²) < 4.78 is 5.17. The number of carbonyl (C=O) groups excluding carboxylic acids is 1. The molecule has 2 aliphatic rings. The van der Waals surface area contributed by atoms with Crippen LogP contribution < -0.4 is 15.0 Å². The molecule has 7 heteroatoms. The summed E-state index contributed by atoms with van der Waals surface area (Å²) in [7, 11) is 1.60. The zero-order valence-corrected chi connectivity index (χ0v) is 17.7. The number of hydrogen-bond donors (Lipinski definition) is 1. The molecule has 1 N–H and O–H groups in total. The van der Waals surface area contributed by atoms with E-state index < -0.39 is 0 Å². The number of piperazine rings is 1. The van der Waals surface area contributed by atoms with Crippen LogP contribution >= 0.6 is 0 Å². The molecule has 2 heterocycles. The van der Waals surface area contributed by atoms with Crippen LogP contribution in [0.1, 0.15) is 37.3 Å². The number of amides is 1. The lowest BCUT2D eigenvalue weighted by molar-refractivity contribution is -0.123. The topological polar surface area (TPSA) is 70.6 Å². The van der Waals surface area contributed by atoms with E-state index in [4.69, 9.17) is 4.74 Å². The molecular formula is C23H31N5O2. The van der Waals surface area contributed by atoms with E-state index in [1.807, 2.05) is 6.07 Å². The first-order valence-electron chi connectivity index (χ1n) is 10.9. The van der Waals surface area contributed by atoms with Crippen molar-refractivity contribution in [2.75, 3.05) is 44.7 Å². The highest BCUT2D eigenvalue weighted by molar-refractivity contribution is 5.78. The molecule has 1 aliphatic carbocycles. The molecule has 1 aliphatic heterocycles. The Kier molecular flexibility index (Phi) is 6.79. The maximum atomic E-state index is 12.9. The fourth-order valence-corrected chi connectivity index (χ4v) is 4.57. The van der Waals surface area contributed by atoms with Gasteiger partial charge in [-0.25, -0.2) is 0 Å². The van der Waals surface area contributed by atoms with Gasteiger partial charge in [0.15, 0.2) is 5.82 Å². The fourth-order valence-electron chi connectivity index (χ4n) is 4.57. The molecule has 7 nitrogen and oxygen atoms in total. The SMILES string of the molecule is COc1cncc(N2CCN(CC(=O)NC(c3ccccc3)C3CCCC3)CC2)n1. The number of rotatable bonds is 7. The van der Waals surface area contributed by atoms with Gasteiger partial charge < -0.3 is 15.0 Å². The molecule has 1 saturated heterocycles. The molecular weight excluding hydrogens is 378 g/mol. The Morgan fingerprint density at radius 3 is 2.57 bits per heavy atom. The number of hydrogen-bond acceptors (Lipinski definition) is 6. The molecule has 0 radical (unpaired) electrons. The zero-order chi connectivity index (χ0) is 20.8. The van der Waals surface area contributed by atoms with E-state index in [1.54, 1.807) is 19.5 Å². The average Bonchev–Trinajstić information content (AvgIpc) is 3.33. The van der Waals surface area contributed by atoms with Gasteiger partial charge in [-0.3, -0.25) is 14.7 Å². The summed E-state index contributed by atoms with van der Waals surface area (Å²) in [5.74, 6) is 2.00. The molecule has 160 valence electrons. The van der Waals surface area contributed by atoms with Crippen LogP contribution in [-0.2, 0) is 4.79 Å². The standard InChI is InChI=1S/C23H31N5O2/c1-30-22-16-24-15-20(25-22)28-13-11-27(12-14-28)17-21(29)26-23(19-9-5-6-10-19)18-7-3-2-4-8-18/h2-4,7-8,15-16,19,23H,5-6,9-14,17H2,1H3,(H,26,29). The molecule has 1 aromatic heterocycles. The lowest BCUT2D eigenvalue weighted by Crippen LogP contribution is -2.50. The Balaban J connectivity index is 1.31. The van der Waals surface area contributed by atoms with Crippen molar-refractivity contribution in [3.05, 3.63) is 48.3 Å². The third kappa shape index (κ3) is 5.08. The lowest BCUT2D eigenvalue weighted by atomic mass is 9.91. The summed E-state index contributed by atoms with van der Waals surface area (Å²) in [4.78, 5) is 25.9. The second kappa shape index (κ2) is 9.89. The second-order valence-electron chi connectivity index (χ2n) is 8.18. The van der Waals surface area contributed by atoms with Gasteiger partial charge in [-0.2, -0.15) is 4.98 Å². The molecule has 0 bridgehead atoms. The number of nitrogens with one attached hydrogen (secondary N) is 1. The number of benzene rings is 1. The number of anilines is 1. The highest BCUT2D eigenvalue weighted by Gasteiger charge is 2.28. The Morgan fingerprint density at radius 1 is 1.13 bits per heavy atom. The van der Waals surface area contributed by atoms with Crippen LogP contribution in [-0.4, -0.2) is 60.6 Å². The first kappa shape index (κ1) is 20.6. The number of methoxy groups -OCH3 is 1. The van der Waals surface area contributed by atoms with Crippen molar-refractivity contribution in [3.8, 4) is 5.88 Å². The predicted octanol–water partition coefficient (Wildman–Crippen LogP) is 2.65. The average molecular weight is 410 g/mol. The van der Waals surface area contributed by atoms with Crippen LogP contribution in [0.2, 0.25) is 0 Å². The van der Waals surface area contributed by atoms with Crippen LogP contribution in [0.25, 0.3) is 0 Å². The summed E-state index contributed by atoms with van der Waals surface area (Å²) in [6, 6.07) is 10.5. The van der Waals surface area contributed by atoms with E-state index in [-0.39, 0.29) is 11.9 Å². The molecule has 2 fully saturated rings. The van der Waals surface area contributed by atoms with E-state index in [0.717, 1.165) is 32.0 Å². The molecule has 0 spiro atoms. The Hall–Kier alpha value is -2.67. The van der Waals surface area contributed by atoms with Crippen molar-refractivity contribution in [1.29, 1.82) is 0 Å². The summed E-state index contributed by atoms with van der Waals surface area (Å²) in [5.41, 5.74) is 1.22. The van der Waals surface area contributed by atoms with E-state index in [2.05, 4.69) is 49.4 Å². The summed E-state index contributed by atoms with van der Waals surface area (Å²) in [6.45, 7) is 3.73. The van der Waals surface area contributed by atoms with Crippen molar-refractivity contribution in [3.63, 3.8) is 0 Å². The van der Waals surface area contributed by atoms with E-state index in [1.165, 1.54) is 31.2 Å². The van der Waals surface area contributed by atoms with Gasteiger partial charge >= 0.3 is 0 Å². The minimum atomic E-state index is 0.116. The maximum Gasteiger partial charge on any atom is 0.234 e. The number of carbonyl (C=O) groups is 1. The number of aromatic nitrogens is 2. The molecule has 30 heavy (non-hydrogen) atoms. The van der Waals surface area contributed by atoms with E-state index in [0.29, 0.717) is 18.3 Å². The first-order valence-corrected chi connectivity index (χ1v) is 10.9. The molecule has 4 rings (SSSR count). The van der Waals surface area contributed by atoms with Crippen molar-refractivity contribution in [2.45, 2.75) is 31.7 Å². The molecule has 1 amide bonds. The van der Waals surface area contributed by atoms with Crippen molar-refractivity contribution < 1.29 is 9.53 Å². The highest BCUT2D eigenvalue weighted by Crippen LogP contribution is 2.35. The molecule has 1 atom stereocenters. The number of ether oxygens (including phenoxy) is 1. The van der Waals surface area contributed by atoms with E-state index >= 15 is 0 Å². The summed E-state index contributed by atoms with van der Waals surface area (Å²) in [6.07, 6.45) is 8.28. The maximum absolute atomic E-state index is 12.9. The van der Waals surface area contributed by atoms with Crippen LogP contribution in [0.3, 0.4) is 0 Å². The highest BCUT2D eigenvalue weighted by atomic mass is 16.5. The Bertz CT molecular complexity index is 817. The summed E-state index contributed by atoms with van der Waals surface area (Å²) >= 11 is 0. The minimum Gasteiger partial charge on any atom is -0.480 e. The molecule has 2 aromatic rings. The minimum absolute atomic E-state index is 0.116. The van der Waals surface area contributed by atoms with Gasteiger partial charge in [0.25, 0.3) is 0 Å². The quantitative estimate of drug-likeness (QED) is 0.758. The lowest BCUT2D eigenvalue weighted by Gasteiger charge is -2.35. The van der Waals surface area contributed by atoms with Gasteiger partial charge in [-0.05, 0) is 24.3 Å². The summed E-state index contributed by atoms with van der Waals surface area (Å²) in [5, 5.41) is 3.35. The van der Waals surface area contributed by atoms with Crippen molar-refractivity contribution in [2.24, 2.45) is 5.92 Å². The van der Waals surface area contributed by atoms with Gasteiger partial charge in [0.1, 0.15) is 0 Å². The van der Waals surface area contributed by atoms with Gasteiger partial charge in [0.2, 0.25) is 11.8 Å². The van der Waals surface area contributed by atoms with Gasteiger partial charge in [-0.1, -0.05) is 43.2 Å². The van der Waals surface area contributed by atoms with Gasteiger partial charge in [-0.15, -0.1) is 0 Å². The van der Waals surface area contributed by atoms with Gasteiger partial charge in [0, 0.05) is 26.2 Å². The largest absolute Gasteiger partial charge is 0.480 e. The third-order valence-electron chi connectivity index (χ3n) is 6.22. The van der Waals surface area contributed by atoms with Crippen LogP contribution in [0.4, 0.5) is 5.82 Å². The fraction of sp³-hybridized carbons (Fsp3) is 0.522. The van der Waals surface area contributed by atoms with Crippen LogP contribution in [0.15, 0.2) is 42.7 Å².